The second-order valence-corrected chi connectivity index (χ2v) is 5.66. The number of nitrogens with one attached hydrogen (secondary N) is 2. The van der Waals surface area contributed by atoms with Crippen LogP contribution in [-0.2, 0) is 10.0 Å². The van der Waals surface area contributed by atoms with Gasteiger partial charge in [0.25, 0.3) is 10.0 Å². The number of hydrogen-bond donors (Lipinski definition) is 2. The highest BCUT2D eigenvalue weighted by Crippen LogP contribution is 2.17. The van der Waals surface area contributed by atoms with Gasteiger partial charge in [-0.2, -0.15) is 5.10 Å². The Balaban J connectivity index is 1.92. The van der Waals surface area contributed by atoms with Gasteiger partial charge in [-0.15, -0.1) is 0 Å². The summed E-state index contributed by atoms with van der Waals surface area (Å²) >= 11 is 0. The van der Waals surface area contributed by atoms with E-state index < -0.39 is 10.0 Å². The second-order valence-electron chi connectivity index (χ2n) is 3.92. The quantitative estimate of drug-likeness (QED) is 0.773. The predicted molar refractivity (Wildman–Crippen MR) is 60.3 cm³/mol. The molecule has 0 saturated carbocycles. The van der Waals surface area contributed by atoms with Crippen molar-refractivity contribution in [3.63, 3.8) is 0 Å². The van der Waals surface area contributed by atoms with Crippen LogP contribution in [0.5, 0.6) is 0 Å². The molecule has 1 aromatic heterocycles. The Kier molecular flexibility index (Phi) is 3.40. The van der Waals surface area contributed by atoms with E-state index in [1.54, 1.807) is 0 Å². The zero-order valence-corrected chi connectivity index (χ0v) is 9.70. The maximum atomic E-state index is 11.7. The van der Waals surface area contributed by atoms with Crippen LogP contribution in [0.25, 0.3) is 0 Å². The third-order valence-corrected chi connectivity index (χ3v) is 4.06. The summed E-state index contributed by atoms with van der Waals surface area (Å²) in [6.45, 7) is 0.492. The Labute approximate surface area is 95.0 Å². The summed E-state index contributed by atoms with van der Waals surface area (Å²) in [5, 5.41) is 6.20. The third-order valence-electron chi connectivity index (χ3n) is 2.70. The lowest BCUT2D eigenvalue weighted by Crippen LogP contribution is -2.30. The van der Waals surface area contributed by atoms with Crippen molar-refractivity contribution >= 4 is 10.0 Å². The fourth-order valence-electron chi connectivity index (χ4n) is 1.74. The first-order valence-corrected chi connectivity index (χ1v) is 6.81. The van der Waals surface area contributed by atoms with Gasteiger partial charge in [-0.1, -0.05) is 12.2 Å². The first-order chi connectivity index (χ1) is 7.68. The first-order valence-electron chi connectivity index (χ1n) is 5.32. The standard InChI is InChI=1S/C10H15N3O2S/c14-16(15,10-6-7-11-13-10)12-8-9-4-2-1-3-5-9/h1-2,6-7,9,12H,3-5,8H2,(H,11,13). The molecule has 0 amide bonds. The number of aromatic amines is 1. The highest BCUT2D eigenvalue weighted by Gasteiger charge is 2.18. The summed E-state index contributed by atoms with van der Waals surface area (Å²) in [6.07, 6.45) is 8.71. The summed E-state index contributed by atoms with van der Waals surface area (Å²) in [7, 11) is -3.41. The van der Waals surface area contributed by atoms with E-state index in [4.69, 9.17) is 0 Å². The number of hydrogen-bond acceptors (Lipinski definition) is 3. The maximum Gasteiger partial charge on any atom is 0.257 e. The number of allylic oxidation sites excluding steroid dienone is 2. The van der Waals surface area contributed by atoms with E-state index in [0.29, 0.717) is 12.5 Å². The summed E-state index contributed by atoms with van der Waals surface area (Å²) in [4.78, 5) is 0. The van der Waals surface area contributed by atoms with Crippen molar-refractivity contribution in [3.05, 3.63) is 24.4 Å². The van der Waals surface area contributed by atoms with Crippen LogP contribution in [0.2, 0.25) is 0 Å². The molecular formula is C10H15N3O2S. The summed E-state index contributed by atoms with van der Waals surface area (Å²) < 4.78 is 26.1. The molecule has 16 heavy (non-hydrogen) atoms. The van der Waals surface area contributed by atoms with E-state index in [1.807, 2.05) is 0 Å². The molecule has 0 fully saturated rings. The van der Waals surface area contributed by atoms with Crippen molar-refractivity contribution in [1.29, 1.82) is 0 Å². The van der Waals surface area contributed by atoms with Gasteiger partial charge in [0.05, 0.1) is 6.20 Å². The van der Waals surface area contributed by atoms with Crippen LogP contribution in [0.3, 0.4) is 0 Å². The van der Waals surface area contributed by atoms with Crippen molar-refractivity contribution in [3.8, 4) is 0 Å². The Hall–Kier alpha value is -1.14. The number of H-pyrrole nitrogens is 1. The van der Waals surface area contributed by atoms with E-state index >= 15 is 0 Å². The van der Waals surface area contributed by atoms with Crippen LogP contribution < -0.4 is 4.72 Å². The zero-order valence-electron chi connectivity index (χ0n) is 8.89. The SMILES string of the molecule is O=S(=O)(NCC1CC=CCC1)c1ccn[nH]1. The van der Waals surface area contributed by atoms with Gasteiger partial charge in [0.1, 0.15) is 0 Å². The van der Waals surface area contributed by atoms with E-state index in [0.717, 1.165) is 19.3 Å². The molecule has 0 aliphatic heterocycles. The Bertz CT molecular complexity index is 450. The molecule has 0 saturated heterocycles. The minimum absolute atomic E-state index is 0.124. The highest BCUT2D eigenvalue weighted by atomic mass is 32.2. The van der Waals surface area contributed by atoms with E-state index in [-0.39, 0.29) is 5.03 Å². The molecule has 2 rings (SSSR count). The predicted octanol–water partition coefficient (Wildman–Crippen LogP) is 1.04. The largest absolute Gasteiger partial charge is 0.266 e. The molecule has 5 nitrogen and oxygen atoms in total. The highest BCUT2D eigenvalue weighted by molar-refractivity contribution is 7.89. The summed E-state index contributed by atoms with van der Waals surface area (Å²) in [5.74, 6) is 0.405. The molecule has 1 atom stereocenters. The van der Waals surface area contributed by atoms with Gasteiger partial charge in [0.15, 0.2) is 5.03 Å². The molecular weight excluding hydrogens is 226 g/mol. The van der Waals surface area contributed by atoms with Gasteiger partial charge >= 0.3 is 0 Å². The molecule has 1 aliphatic rings. The minimum Gasteiger partial charge on any atom is -0.266 e. The van der Waals surface area contributed by atoms with Gasteiger partial charge in [-0.05, 0) is 31.2 Å². The summed E-state index contributed by atoms with van der Waals surface area (Å²) in [5.41, 5.74) is 0. The van der Waals surface area contributed by atoms with Crippen molar-refractivity contribution in [1.82, 2.24) is 14.9 Å². The van der Waals surface area contributed by atoms with Crippen LogP contribution in [0.15, 0.2) is 29.4 Å². The van der Waals surface area contributed by atoms with Gasteiger partial charge in [-0.3, -0.25) is 5.10 Å². The Morgan fingerprint density at radius 1 is 1.50 bits per heavy atom. The molecule has 1 aromatic rings. The molecule has 1 aliphatic carbocycles. The van der Waals surface area contributed by atoms with E-state index in [2.05, 4.69) is 27.1 Å². The fraction of sp³-hybridized carbons (Fsp3) is 0.500. The smallest absolute Gasteiger partial charge is 0.257 e. The van der Waals surface area contributed by atoms with Crippen molar-refractivity contribution in [2.24, 2.45) is 5.92 Å². The number of aromatic nitrogens is 2. The first kappa shape index (κ1) is 11.3. The lowest BCUT2D eigenvalue weighted by atomic mass is 9.95. The van der Waals surface area contributed by atoms with Gasteiger partial charge in [-0.25, -0.2) is 13.1 Å². The minimum atomic E-state index is -3.41. The van der Waals surface area contributed by atoms with Crippen LogP contribution >= 0.6 is 0 Å². The van der Waals surface area contributed by atoms with Crippen LogP contribution in [0, 0.1) is 5.92 Å². The van der Waals surface area contributed by atoms with Gasteiger partial charge in [0, 0.05) is 6.54 Å². The van der Waals surface area contributed by atoms with Crippen molar-refractivity contribution in [2.75, 3.05) is 6.54 Å². The molecule has 0 aromatic carbocycles. The van der Waals surface area contributed by atoms with E-state index in [9.17, 15) is 8.42 Å². The second kappa shape index (κ2) is 4.80. The molecule has 1 unspecified atom stereocenters. The topological polar surface area (TPSA) is 74.8 Å². The molecule has 2 N–H and O–H groups in total. The molecule has 6 heteroatoms. The number of sulfonamides is 1. The summed E-state index contributed by atoms with van der Waals surface area (Å²) in [6, 6.07) is 1.45. The molecule has 1 heterocycles. The van der Waals surface area contributed by atoms with Crippen LogP contribution in [0.1, 0.15) is 19.3 Å². The van der Waals surface area contributed by atoms with Gasteiger partial charge in [0.2, 0.25) is 0 Å². The molecule has 88 valence electrons. The van der Waals surface area contributed by atoms with Crippen LogP contribution in [-0.4, -0.2) is 25.2 Å². The Morgan fingerprint density at radius 2 is 2.38 bits per heavy atom. The number of nitrogens with zero attached hydrogens (tertiary/aromatic N) is 1. The fourth-order valence-corrected chi connectivity index (χ4v) is 2.76. The molecule has 0 radical (unpaired) electrons. The average Bonchev–Trinajstić information content (AvgIpc) is 2.82. The molecule has 0 spiro atoms. The van der Waals surface area contributed by atoms with Gasteiger partial charge < -0.3 is 0 Å². The third kappa shape index (κ3) is 2.70. The average molecular weight is 241 g/mol. The Morgan fingerprint density at radius 3 is 3.00 bits per heavy atom. The normalized spacial score (nSPS) is 21.1. The molecule has 0 bridgehead atoms. The van der Waals surface area contributed by atoms with Crippen LogP contribution in [0.4, 0.5) is 0 Å². The monoisotopic (exact) mass is 241 g/mol. The maximum absolute atomic E-state index is 11.7. The lowest BCUT2D eigenvalue weighted by molar-refractivity contribution is 0.467. The number of rotatable bonds is 4. The zero-order chi connectivity index (χ0) is 11.4. The van der Waals surface area contributed by atoms with E-state index in [1.165, 1.54) is 12.3 Å². The lowest BCUT2D eigenvalue weighted by Gasteiger charge is -2.17. The van der Waals surface area contributed by atoms with Crippen molar-refractivity contribution < 1.29 is 8.42 Å². The van der Waals surface area contributed by atoms with Crippen molar-refractivity contribution in [2.45, 2.75) is 24.3 Å².